The number of nitrogens with zero attached hydrogens (tertiary/aromatic N) is 1. The number of benzene rings is 1. The van der Waals surface area contributed by atoms with Crippen LogP contribution < -0.4 is 4.90 Å². The summed E-state index contributed by atoms with van der Waals surface area (Å²) in [6.07, 6.45) is 5.03. The molecule has 1 aromatic carbocycles. The van der Waals surface area contributed by atoms with Gasteiger partial charge in [-0.3, -0.25) is 4.79 Å². The van der Waals surface area contributed by atoms with Crippen molar-refractivity contribution >= 4 is 11.7 Å². The molecule has 1 saturated carbocycles. The minimum Gasteiger partial charge on any atom is -0.481 e. The smallest absolute Gasteiger partial charge is 0.314 e. The Bertz CT molecular complexity index is 459. The maximum atomic E-state index is 11.7. The van der Waals surface area contributed by atoms with Crippen molar-refractivity contribution in [1.29, 1.82) is 0 Å². The summed E-state index contributed by atoms with van der Waals surface area (Å²) in [4.78, 5) is 14.0. The Balaban J connectivity index is 2.03. The van der Waals surface area contributed by atoms with Gasteiger partial charge in [-0.05, 0) is 37.3 Å². The van der Waals surface area contributed by atoms with Gasteiger partial charge in [0.05, 0.1) is 5.41 Å². The first kappa shape index (κ1) is 11.6. The molecular formula is C15H19NO2. The molecule has 0 spiro atoms. The topological polar surface area (TPSA) is 40.5 Å². The van der Waals surface area contributed by atoms with Gasteiger partial charge >= 0.3 is 5.97 Å². The van der Waals surface area contributed by atoms with Gasteiger partial charge in [0.2, 0.25) is 0 Å². The highest BCUT2D eigenvalue weighted by Gasteiger charge is 2.47. The monoisotopic (exact) mass is 245 g/mol. The van der Waals surface area contributed by atoms with E-state index in [9.17, 15) is 9.90 Å². The first-order chi connectivity index (χ1) is 8.74. The van der Waals surface area contributed by atoms with Crippen molar-refractivity contribution in [1.82, 2.24) is 0 Å². The first-order valence-corrected chi connectivity index (χ1v) is 6.82. The van der Waals surface area contributed by atoms with E-state index in [-0.39, 0.29) is 0 Å². The van der Waals surface area contributed by atoms with Gasteiger partial charge in [-0.15, -0.1) is 0 Å². The highest BCUT2D eigenvalue weighted by atomic mass is 16.4. The van der Waals surface area contributed by atoms with Gasteiger partial charge < -0.3 is 10.0 Å². The summed E-state index contributed by atoms with van der Waals surface area (Å²) < 4.78 is 0. The third kappa shape index (κ3) is 1.61. The molecule has 0 aromatic heterocycles. The summed E-state index contributed by atoms with van der Waals surface area (Å²) in [5.41, 5.74) is 1.57. The summed E-state index contributed by atoms with van der Waals surface area (Å²) >= 11 is 0. The molecule has 0 atom stereocenters. The van der Waals surface area contributed by atoms with Crippen molar-refractivity contribution in [3.63, 3.8) is 0 Å². The van der Waals surface area contributed by atoms with Crippen LogP contribution in [0.1, 0.15) is 37.7 Å². The number of carboxylic acid groups (broad SMARTS) is 1. The molecule has 0 unspecified atom stereocenters. The number of carboxylic acids is 1. The van der Waals surface area contributed by atoms with Crippen LogP contribution in [-0.4, -0.2) is 24.2 Å². The van der Waals surface area contributed by atoms with Crippen LogP contribution in [0.25, 0.3) is 0 Å². The minimum atomic E-state index is -0.652. The van der Waals surface area contributed by atoms with Crippen molar-refractivity contribution in [2.45, 2.75) is 37.5 Å². The average molecular weight is 245 g/mol. The molecule has 1 saturated heterocycles. The fourth-order valence-corrected chi connectivity index (χ4v) is 3.24. The summed E-state index contributed by atoms with van der Waals surface area (Å²) in [5.74, 6) is -0.652. The normalized spacial score (nSPS) is 21.7. The maximum Gasteiger partial charge on any atom is 0.314 e. The van der Waals surface area contributed by atoms with Gasteiger partial charge in [-0.2, -0.15) is 0 Å². The second kappa shape index (κ2) is 4.30. The minimum absolute atomic E-state index is 0.612. The molecule has 0 amide bonds. The van der Waals surface area contributed by atoms with Gasteiger partial charge in [0.1, 0.15) is 0 Å². The molecule has 1 aromatic rings. The van der Waals surface area contributed by atoms with Gasteiger partial charge in [0, 0.05) is 18.8 Å². The van der Waals surface area contributed by atoms with E-state index in [0.717, 1.165) is 43.6 Å². The van der Waals surface area contributed by atoms with Crippen LogP contribution in [0, 0.1) is 0 Å². The molecule has 1 aliphatic heterocycles. The van der Waals surface area contributed by atoms with Crippen molar-refractivity contribution < 1.29 is 9.90 Å². The highest BCUT2D eigenvalue weighted by Crippen LogP contribution is 2.47. The van der Waals surface area contributed by atoms with Crippen LogP contribution in [-0.2, 0) is 10.2 Å². The van der Waals surface area contributed by atoms with E-state index in [4.69, 9.17) is 0 Å². The van der Waals surface area contributed by atoms with E-state index < -0.39 is 11.4 Å². The largest absolute Gasteiger partial charge is 0.481 e. The van der Waals surface area contributed by atoms with E-state index >= 15 is 0 Å². The fourth-order valence-electron chi connectivity index (χ4n) is 3.24. The van der Waals surface area contributed by atoms with Crippen LogP contribution in [0.3, 0.4) is 0 Å². The standard InChI is InChI=1S/C15H19NO2/c17-14(18)15(8-5-9-15)12-6-1-2-7-13(12)16-10-3-4-11-16/h1-2,6-7H,3-5,8-11H2,(H,17,18). The summed E-state index contributed by atoms with van der Waals surface area (Å²) in [7, 11) is 0. The predicted octanol–water partition coefficient (Wildman–Crippen LogP) is 2.79. The molecule has 18 heavy (non-hydrogen) atoms. The number of carbonyl (C=O) groups is 1. The molecule has 0 bridgehead atoms. The third-order valence-electron chi connectivity index (χ3n) is 4.48. The molecular weight excluding hydrogens is 226 g/mol. The number of aliphatic carboxylic acids is 1. The Morgan fingerprint density at radius 3 is 2.33 bits per heavy atom. The van der Waals surface area contributed by atoms with Crippen LogP contribution in [0.4, 0.5) is 5.69 Å². The Labute approximate surface area is 107 Å². The average Bonchev–Trinajstić information content (AvgIpc) is 2.81. The lowest BCUT2D eigenvalue weighted by Crippen LogP contribution is -2.43. The zero-order valence-electron chi connectivity index (χ0n) is 10.6. The summed E-state index contributed by atoms with van der Waals surface area (Å²) in [6.45, 7) is 2.12. The first-order valence-electron chi connectivity index (χ1n) is 6.82. The van der Waals surface area contributed by atoms with Gasteiger partial charge in [-0.25, -0.2) is 0 Å². The van der Waals surface area contributed by atoms with E-state index in [1.54, 1.807) is 0 Å². The zero-order valence-corrected chi connectivity index (χ0v) is 10.6. The lowest BCUT2D eigenvalue weighted by molar-refractivity contribution is -0.147. The van der Waals surface area contributed by atoms with Crippen molar-refractivity contribution in [2.75, 3.05) is 18.0 Å². The van der Waals surface area contributed by atoms with Crippen LogP contribution in [0.2, 0.25) is 0 Å². The fraction of sp³-hybridized carbons (Fsp3) is 0.533. The molecule has 1 aliphatic carbocycles. The Morgan fingerprint density at radius 2 is 1.78 bits per heavy atom. The predicted molar refractivity (Wildman–Crippen MR) is 71.1 cm³/mol. The third-order valence-corrected chi connectivity index (χ3v) is 4.48. The van der Waals surface area contributed by atoms with Gasteiger partial charge in [-0.1, -0.05) is 24.6 Å². The molecule has 1 heterocycles. The second-order valence-electron chi connectivity index (χ2n) is 5.45. The Morgan fingerprint density at radius 1 is 1.11 bits per heavy atom. The number of rotatable bonds is 3. The van der Waals surface area contributed by atoms with Crippen LogP contribution in [0.15, 0.2) is 24.3 Å². The van der Waals surface area contributed by atoms with Crippen LogP contribution in [0.5, 0.6) is 0 Å². The summed E-state index contributed by atoms with van der Waals surface area (Å²) in [6, 6.07) is 8.09. The molecule has 3 heteroatoms. The van der Waals surface area contributed by atoms with Crippen molar-refractivity contribution in [3.8, 4) is 0 Å². The number of hydrogen-bond donors (Lipinski definition) is 1. The molecule has 2 fully saturated rings. The van der Waals surface area contributed by atoms with E-state index in [1.165, 1.54) is 12.8 Å². The number of hydrogen-bond acceptors (Lipinski definition) is 2. The number of anilines is 1. The van der Waals surface area contributed by atoms with E-state index in [2.05, 4.69) is 11.0 Å². The molecule has 96 valence electrons. The molecule has 3 rings (SSSR count). The maximum absolute atomic E-state index is 11.7. The highest BCUT2D eigenvalue weighted by molar-refractivity contribution is 5.85. The quantitative estimate of drug-likeness (QED) is 0.890. The van der Waals surface area contributed by atoms with E-state index in [0.29, 0.717) is 0 Å². The SMILES string of the molecule is O=C(O)C1(c2ccccc2N2CCCC2)CCC1. The number of para-hydroxylation sites is 1. The lowest BCUT2D eigenvalue weighted by Gasteiger charge is -2.40. The Kier molecular flexibility index (Phi) is 2.77. The molecule has 3 nitrogen and oxygen atoms in total. The molecule has 0 radical (unpaired) electrons. The van der Waals surface area contributed by atoms with Crippen LogP contribution >= 0.6 is 0 Å². The molecule has 1 N–H and O–H groups in total. The van der Waals surface area contributed by atoms with Crippen molar-refractivity contribution in [3.05, 3.63) is 29.8 Å². The van der Waals surface area contributed by atoms with E-state index in [1.807, 2.05) is 18.2 Å². The van der Waals surface area contributed by atoms with Crippen molar-refractivity contribution in [2.24, 2.45) is 0 Å². The van der Waals surface area contributed by atoms with Gasteiger partial charge in [0.15, 0.2) is 0 Å². The summed E-state index contributed by atoms with van der Waals surface area (Å²) in [5, 5.41) is 9.59. The Hall–Kier alpha value is -1.51. The molecule has 2 aliphatic rings. The zero-order chi connectivity index (χ0) is 12.6. The van der Waals surface area contributed by atoms with Gasteiger partial charge in [0.25, 0.3) is 0 Å². The second-order valence-corrected chi connectivity index (χ2v) is 5.45. The lowest BCUT2D eigenvalue weighted by atomic mass is 9.64.